The van der Waals surface area contributed by atoms with Crippen molar-refractivity contribution in [2.24, 2.45) is 11.3 Å². The Labute approximate surface area is 94.9 Å². The average molecular weight is 216 g/mol. The average Bonchev–Trinajstić information content (AvgIpc) is 2.11. The van der Waals surface area contributed by atoms with Crippen LogP contribution in [0.3, 0.4) is 0 Å². The molecule has 0 aliphatic heterocycles. The summed E-state index contributed by atoms with van der Waals surface area (Å²) in [5.41, 5.74) is -0.0200. The highest BCUT2D eigenvalue weighted by atomic mass is 16.3. The number of likely N-dealkylation sites (N-methyl/N-ethyl adjacent to an activating group) is 1. The van der Waals surface area contributed by atoms with Gasteiger partial charge in [-0.1, -0.05) is 27.7 Å². The predicted octanol–water partition coefficient (Wildman–Crippen LogP) is 1.18. The number of aliphatic hydroxyl groups is 1. The van der Waals surface area contributed by atoms with Gasteiger partial charge in [0.2, 0.25) is 0 Å². The number of nitrogens with one attached hydrogen (secondary N) is 1. The second-order valence-corrected chi connectivity index (χ2v) is 5.73. The van der Waals surface area contributed by atoms with E-state index in [4.69, 9.17) is 5.11 Å². The SMILES string of the molecule is CC(C)C(CNCC(C)(C)CO)N(C)C. The van der Waals surface area contributed by atoms with Crippen LogP contribution in [0.5, 0.6) is 0 Å². The third-order valence-corrected chi connectivity index (χ3v) is 2.82. The van der Waals surface area contributed by atoms with Crippen molar-refractivity contribution in [1.82, 2.24) is 10.2 Å². The molecule has 0 aromatic carbocycles. The quantitative estimate of drug-likeness (QED) is 0.671. The minimum absolute atomic E-state index is 0.0200. The van der Waals surface area contributed by atoms with Gasteiger partial charge in [-0.25, -0.2) is 0 Å². The van der Waals surface area contributed by atoms with E-state index in [0.717, 1.165) is 13.1 Å². The van der Waals surface area contributed by atoms with E-state index in [1.165, 1.54) is 0 Å². The van der Waals surface area contributed by atoms with Crippen LogP contribution in [-0.4, -0.2) is 49.8 Å². The first-order valence-electron chi connectivity index (χ1n) is 5.78. The van der Waals surface area contributed by atoms with Crippen LogP contribution < -0.4 is 5.32 Å². The zero-order valence-electron chi connectivity index (χ0n) is 11.2. The minimum Gasteiger partial charge on any atom is -0.396 e. The first-order valence-corrected chi connectivity index (χ1v) is 5.78. The Morgan fingerprint density at radius 1 is 1.27 bits per heavy atom. The molecule has 0 radical (unpaired) electrons. The van der Waals surface area contributed by atoms with Crippen LogP contribution in [0.25, 0.3) is 0 Å². The van der Waals surface area contributed by atoms with Crippen molar-refractivity contribution in [3.05, 3.63) is 0 Å². The Kier molecular flexibility index (Phi) is 6.41. The number of aliphatic hydroxyl groups excluding tert-OH is 1. The van der Waals surface area contributed by atoms with Gasteiger partial charge < -0.3 is 15.3 Å². The monoisotopic (exact) mass is 216 g/mol. The first kappa shape index (κ1) is 14.9. The summed E-state index contributed by atoms with van der Waals surface area (Å²) in [6.07, 6.45) is 0. The van der Waals surface area contributed by atoms with Crippen molar-refractivity contribution in [3.63, 3.8) is 0 Å². The summed E-state index contributed by atoms with van der Waals surface area (Å²) in [6.45, 7) is 10.7. The summed E-state index contributed by atoms with van der Waals surface area (Å²) >= 11 is 0. The smallest absolute Gasteiger partial charge is 0.0494 e. The molecular weight excluding hydrogens is 188 g/mol. The third kappa shape index (κ3) is 6.13. The molecule has 0 saturated carbocycles. The van der Waals surface area contributed by atoms with Crippen LogP contribution in [0.15, 0.2) is 0 Å². The highest BCUT2D eigenvalue weighted by Gasteiger charge is 2.19. The van der Waals surface area contributed by atoms with E-state index in [-0.39, 0.29) is 12.0 Å². The molecule has 0 aliphatic rings. The normalized spacial score (nSPS) is 15.0. The van der Waals surface area contributed by atoms with Crippen molar-refractivity contribution in [2.75, 3.05) is 33.8 Å². The van der Waals surface area contributed by atoms with Crippen LogP contribution in [-0.2, 0) is 0 Å². The maximum Gasteiger partial charge on any atom is 0.0494 e. The molecule has 0 bridgehead atoms. The highest BCUT2D eigenvalue weighted by molar-refractivity contribution is 4.76. The highest BCUT2D eigenvalue weighted by Crippen LogP contribution is 2.12. The lowest BCUT2D eigenvalue weighted by atomic mass is 9.94. The van der Waals surface area contributed by atoms with Gasteiger partial charge >= 0.3 is 0 Å². The molecule has 3 heteroatoms. The van der Waals surface area contributed by atoms with Gasteiger partial charge in [-0.2, -0.15) is 0 Å². The number of rotatable bonds is 7. The molecule has 0 rings (SSSR count). The fourth-order valence-corrected chi connectivity index (χ4v) is 1.63. The summed E-state index contributed by atoms with van der Waals surface area (Å²) in [5, 5.41) is 12.6. The van der Waals surface area contributed by atoms with E-state index in [1.807, 2.05) is 0 Å². The molecule has 0 saturated heterocycles. The van der Waals surface area contributed by atoms with Gasteiger partial charge in [-0.15, -0.1) is 0 Å². The van der Waals surface area contributed by atoms with Crippen LogP contribution >= 0.6 is 0 Å². The molecule has 15 heavy (non-hydrogen) atoms. The molecule has 1 unspecified atom stereocenters. The summed E-state index contributed by atoms with van der Waals surface area (Å²) in [7, 11) is 4.23. The van der Waals surface area contributed by atoms with Gasteiger partial charge in [0, 0.05) is 31.2 Å². The number of hydrogen-bond donors (Lipinski definition) is 2. The van der Waals surface area contributed by atoms with Gasteiger partial charge in [0.05, 0.1) is 0 Å². The van der Waals surface area contributed by atoms with E-state index in [9.17, 15) is 0 Å². The largest absolute Gasteiger partial charge is 0.396 e. The summed E-state index contributed by atoms with van der Waals surface area (Å²) < 4.78 is 0. The van der Waals surface area contributed by atoms with Gasteiger partial charge in [0.25, 0.3) is 0 Å². The standard InChI is InChI=1S/C12H28N2O/c1-10(2)11(14(5)6)7-13-8-12(3,4)9-15/h10-11,13,15H,7-9H2,1-6H3. The minimum atomic E-state index is -0.0200. The fraction of sp³-hybridized carbons (Fsp3) is 1.00. The molecule has 2 N–H and O–H groups in total. The molecule has 0 spiro atoms. The second kappa shape index (κ2) is 6.46. The van der Waals surface area contributed by atoms with Crippen molar-refractivity contribution in [2.45, 2.75) is 33.7 Å². The zero-order chi connectivity index (χ0) is 12.1. The summed E-state index contributed by atoms with van der Waals surface area (Å²) in [4.78, 5) is 2.25. The van der Waals surface area contributed by atoms with Crippen molar-refractivity contribution in [3.8, 4) is 0 Å². The molecule has 1 atom stereocenters. The van der Waals surface area contributed by atoms with E-state index in [2.05, 4.69) is 52.0 Å². The summed E-state index contributed by atoms with van der Waals surface area (Å²) in [6, 6.07) is 0.555. The second-order valence-electron chi connectivity index (χ2n) is 5.73. The Morgan fingerprint density at radius 2 is 1.80 bits per heavy atom. The Hall–Kier alpha value is -0.120. The third-order valence-electron chi connectivity index (χ3n) is 2.82. The number of nitrogens with zero attached hydrogens (tertiary/aromatic N) is 1. The Bertz CT molecular complexity index is 159. The van der Waals surface area contributed by atoms with E-state index >= 15 is 0 Å². The summed E-state index contributed by atoms with van der Waals surface area (Å²) in [5.74, 6) is 0.643. The van der Waals surface area contributed by atoms with E-state index < -0.39 is 0 Å². The molecule has 3 nitrogen and oxygen atoms in total. The van der Waals surface area contributed by atoms with Gasteiger partial charge in [-0.3, -0.25) is 0 Å². The van der Waals surface area contributed by atoms with Gasteiger partial charge in [0.1, 0.15) is 0 Å². The molecular formula is C12H28N2O. The Morgan fingerprint density at radius 3 is 2.13 bits per heavy atom. The Balaban J connectivity index is 3.92. The first-order chi connectivity index (χ1) is 6.80. The molecule has 0 aromatic rings. The van der Waals surface area contributed by atoms with E-state index in [1.54, 1.807) is 0 Å². The van der Waals surface area contributed by atoms with Crippen molar-refractivity contribution < 1.29 is 5.11 Å². The molecule has 0 aromatic heterocycles. The zero-order valence-corrected chi connectivity index (χ0v) is 11.2. The number of hydrogen-bond acceptors (Lipinski definition) is 3. The topological polar surface area (TPSA) is 35.5 Å². The van der Waals surface area contributed by atoms with Crippen LogP contribution in [0.2, 0.25) is 0 Å². The lowest BCUT2D eigenvalue weighted by Crippen LogP contribution is -2.44. The molecule has 92 valence electrons. The van der Waals surface area contributed by atoms with Gasteiger partial charge in [-0.05, 0) is 20.0 Å². The molecule has 0 fully saturated rings. The molecule has 0 aliphatic carbocycles. The lowest BCUT2D eigenvalue weighted by Gasteiger charge is -2.30. The maximum atomic E-state index is 9.13. The van der Waals surface area contributed by atoms with Crippen molar-refractivity contribution in [1.29, 1.82) is 0 Å². The van der Waals surface area contributed by atoms with Crippen LogP contribution in [0, 0.1) is 11.3 Å². The van der Waals surface area contributed by atoms with Crippen LogP contribution in [0.1, 0.15) is 27.7 Å². The predicted molar refractivity (Wildman–Crippen MR) is 66.0 cm³/mol. The van der Waals surface area contributed by atoms with E-state index in [0.29, 0.717) is 12.0 Å². The van der Waals surface area contributed by atoms with Crippen LogP contribution in [0.4, 0.5) is 0 Å². The van der Waals surface area contributed by atoms with Crippen molar-refractivity contribution >= 4 is 0 Å². The maximum absolute atomic E-state index is 9.13. The molecule has 0 amide bonds. The van der Waals surface area contributed by atoms with Gasteiger partial charge in [0.15, 0.2) is 0 Å². The molecule has 0 heterocycles. The fourth-order valence-electron chi connectivity index (χ4n) is 1.63. The lowest BCUT2D eigenvalue weighted by molar-refractivity contribution is 0.149.